The molecule has 9 heteroatoms. The second-order valence-corrected chi connectivity index (χ2v) is 9.03. The molecule has 0 aliphatic carbocycles. The van der Waals surface area contributed by atoms with Crippen LogP contribution in [0.4, 0.5) is 10.3 Å². The van der Waals surface area contributed by atoms with E-state index in [1.165, 1.54) is 11.3 Å². The Labute approximate surface area is 173 Å². The maximum Gasteiger partial charge on any atom is 0.232 e. The lowest BCUT2D eigenvalue weighted by molar-refractivity contribution is -0.120. The average Bonchev–Trinajstić information content (AvgIpc) is 3.22. The molecule has 1 fully saturated rings. The predicted octanol–water partition coefficient (Wildman–Crippen LogP) is 4.64. The fourth-order valence-corrected chi connectivity index (χ4v) is 5.23. The molecule has 3 heterocycles. The molecule has 0 saturated carbocycles. The second kappa shape index (κ2) is 6.88. The van der Waals surface area contributed by atoms with Gasteiger partial charge in [-0.1, -0.05) is 34.3 Å². The number of carbonyl (C=O) groups is 1. The van der Waals surface area contributed by atoms with Gasteiger partial charge >= 0.3 is 0 Å². The van der Waals surface area contributed by atoms with E-state index in [0.29, 0.717) is 23.2 Å². The molecule has 1 N–H and O–H groups in total. The van der Waals surface area contributed by atoms with Crippen molar-refractivity contribution in [3.05, 3.63) is 41.4 Å². The van der Waals surface area contributed by atoms with E-state index in [4.69, 9.17) is 16.3 Å². The number of nitrogens with one attached hydrogen (secondary N) is 1. The Morgan fingerprint density at radius 1 is 1.14 bits per heavy atom. The molecule has 4 aromatic rings. The molecule has 6 nitrogen and oxygen atoms in total. The zero-order chi connectivity index (χ0) is 19.3. The van der Waals surface area contributed by atoms with Crippen molar-refractivity contribution in [2.45, 2.75) is 0 Å². The number of fused-ring (bicyclic) bond motifs is 2. The predicted molar refractivity (Wildman–Crippen MR) is 115 cm³/mol. The lowest BCUT2D eigenvalue weighted by Gasteiger charge is -2.37. The number of thiazole rings is 2. The molecular weight excluding hydrogens is 416 g/mol. The summed E-state index contributed by atoms with van der Waals surface area (Å²) in [6.45, 7) is 1.30. The van der Waals surface area contributed by atoms with Crippen molar-refractivity contribution in [3.63, 3.8) is 0 Å². The second-order valence-electron chi connectivity index (χ2n) is 6.55. The molecule has 0 unspecified atom stereocenters. The highest BCUT2D eigenvalue weighted by Gasteiger charge is 2.34. The zero-order valence-electron chi connectivity index (χ0n) is 14.8. The van der Waals surface area contributed by atoms with Crippen molar-refractivity contribution >= 4 is 70.9 Å². The van der Waals surface area contributed by atoms with Crippen molar-refractivity contribution in [3.8, 4) is 5.75 Å². The number of hydrogen-bond donors (Lipinski definition) is 1. The van der Waals surface area contributed by atoms with Crippen LogP contribution < -0.4 is 15.0 Å². The molecule has 0 bridgehead atoms. The third-order valence-corrected chi connectivity index (χ3v) is 6.95. The summed E-state index contributed by atoms with van der Waals surface area (Å²) in [5.41, 5.74) is 1.75. The summed E-state index contributed by atoms with van der Waals surface area (Å²) < 4.78 is 7.32. The number of aromatic nitrogens is 2. The summed E-state index contributed by atoms with van der Waals surface area (Å²) in [6.07, 6.45) is 0. The number of hydrogen-bond acceptors (Lipinski definition) is 7. The minimum Gasteiger partial charge on any atom is -0.497 e. The number of methoxy groups -OCH3 is 1. The van der Waals surface area contributed by atoms with Crippen LogP contribution in [0.3, 0.4) is 0 Å². The van der Waals surface area contributed by atoms with Gasteiger partial charge in [0.2, 0.25) is 5.91 Å². The number of benzene rings is 2. The van der Waals surface area contributed by atoms with Crippen molar-refractivity contribution in [2.24, 2.45) is 5.92 Å². The van der Waals surface area contributed by atoms with Gasteiger partial charge in [0, 0.05) is 24.2 Å². The van der Waals surface area contributed by atoms with Gasteiger partial charge in [-0.2, -0.15) is 0 Å². The highest BCUT2D eigenvalue weighted by molar-refractivity contribution is 7.22. The number of carbonyl (C=O) groups excluding carboxylic acids is 1. The van der Waals surface area contributed by atoms with Gasteiger partial charge in [0.1, 0.15) is 5.75 Å². The van der Waals surface area contributed by atoms with Gasteiger partial charge in [-0.05, 0) is 30.3 Å². The van der Waals surface area contributed by atoms with E-state index in [-0.39, 0.29) is 11.8 Å². The van der Waals surface area contributed by atoms with Gasteiger partial charge in [0.15, 0.2) is 10.3 Å². The monoisotopic (exact) mass is 430 g/mol. The number of nitrogens with zero attached hydrogens (tertiary/aromatic N) is 3. The lowest BCUT2D eigenvalue weighted by Crippen LogP contribution is -2.52. The van der Waals surface area contributed by atoms with Crippen LogP contribution in [-0.4, -0.2) is 36.1 Å². The maximum atomic E-state index is 12.5. The summed E-state index contributed by atoms with van der Waals surface area (Å²) in [6, 6.07) is 11.4. The first-order valence-electron chi connectivity index (χ1n) is 8.65. The van der Waals surface area contributed by atoms with Crippen LogP contribution in [0.5, 0.6) is 5.75 Å². The molecule has 2 aromatic heterocycles. The van der Waals surface area contributed by atoms with Crippen LogP contribution in [0, 0.1) is 5.92 Å². The largest absolute Gasteiger partial charge is 0.497 e. The van der Waals surface area contributed by atoms with E-state index in [0.717, 1.165) is 31.3 Å². The van der Waals surface area contributed by atoms with Gasteiger partial charge in [0.05, 0.1) is 33.5 Å². The molecule has 1 amide bonds. The molecule has 1 aliphatic heterocycles. The van der Waals surface area contributed by atoms with Gasteiger partial charge in [-0.15, -0.1) is 0 Å². The number of ether oxygens (including phenoxy) is 1. The van der Waals surface area contributed by atoms with E-state index in [1.807, 2.05) is 30.3 Å². The molecule has 28 heavy (non-hydrogen) atoms. The normalized spacial score (nSPS) is 14.4. The Balaban J connectivity index is 1.25. The maximum absolute atomic E-state index is 12.5. The van der Waals surface area contributed by atoms with Crippen LogP contribution >= 0.6 is 34.3 Å². The third kappa shape index (κ3) is 3.17. The number of amides is 1. The van der Waals surface area contributed by atoms with Gasteiger partial charge in [0.25, 0.3) is 0 Å². The first-order valence-corrected chi connectivity index (χ1v) is 10.7. The minimum absolute atomic E-state index is 0.0100. The first kappa shape index (κ1) is 17.7. The highest BCUT2D eigenvalue weighted by Crippen LogP contribution is 2.35. The standard InChI is InChI=1S/C19H15ClN4O2S2/c1-26-12-3-5-15-14(7-12)22-19(28-15)24-8-10(9-24)17(25)23-18-21-13-4-2-11(20)6-16(13)27-18/h2-7,10H,8-9H2,1H3,(H,21,23,25). The molecule has 0 spiro atoms. The average molecular weight is 431 g/mol. The van der Waals surface area contributed by atoms with Crippen molar-refractivity contribution < 1.29 is 9.53 Å². The van der Waals surface area contributed by atoms with E-state index >= 15 is 0 Å². The Hall–Kier alpha value is -2.42. The molecule has 5 rings (SSSR count). The van der Waals surface area contributed by atoms with Crippen molar-refractivity contribution in [2.75, 3.05) is 30.4 Å². The van der Waals surface area contributed by atoms with Crippen LogP contribution in [-0.2, 0) is 4.79 Å². The molecule has 0 radical (unpaired) electrons. The molecule has 142 valence electrons. The lowest BCUT2D eigenvalue weighted by atomic mass is 10.0. The van der Waals surface area contributed by atoms with Crippen LogP contribution in [0.25, 0.3) is 20.4 Å². The number of rotatable bonds is 4. The van der Waals surface area contributed by atoms with Gasteiger partial charge in [-0.3, -0.25) is 4.79 Å². The number of halogens is 1. The van der Waals surface area contributed by atoms with Crippen molar-refractivity contribution in [1.82, 2.24) is 9.97 Å². The Morgan fingerprint density at radius 3 is 2.82 bits per heavy atom. The van der Waals surface area contributed by atoms with Crippen LogP contribution in [0.15, 0.2) is 36.4 Å². The Bertz CT molecular complexity index is 1200. The third-order valence-electron chi connectivity index (χ3n) is 4.69. The topological polar surface area (TPSA) is 67.3 Å². The Kier molecular flexibility index (Phi) is 4.34. The van der Waals surface area contributed by atoms with Crippen LogP contribution in [0.2, 0.25) is 5.02 Å². The van der Waals surface area contributed by atoms with E-state index in [1.54, 1.807) is 24.5 Å². The number of anilines is 2. The van der Waals surface area contributed by atoms with Crippen LogP contribution in [0.1, 0.15) is 0 Å². The van der Waals surface area contributed by atoms with Crippen molar-refractivity contribution in [1.29, 1.82) is 0 Å². The molecule has 0 atom stereocenters. The SMILES string of the molecule is COc1ccc2sc(N3CC(C(=O)Nc4nc5ccc(Cl)cc5s4)C3)nc2c1. The minimum atomic E-state index is -0.0721. The van der Waals surface area contributed by atoms with Gasteiger partial charge in [-0.25, -0.2) is 9.97 Å². The molecule has 1 aliphatic rings. The summed E-state index contributed by atoms with van der Waals surface area (Å²) in [7, 11) is 1.65. The molecular formula is C19H15ClN4O2S2. The summed E-state index contributed by atoms with van der Waals surface area (Å²) in [5, 5.41) is 5.13. The van der Waals surface area contributed by atoms with E-state index < -0.39 is 0 Å². The molecule has 1 saturated heterocycles. The summed E-state index contributed by atoms with van der Waals surface area (Å²) in [5.74, 6) is 0.712. The quantitative estimate of drug-likeness (QED) is 0.510. The smallest absolute Gasteiger partial charge is 0.232 e. The Morgan fingerprint density at radius 2 is 2.00 bits per heavy atom. The molecule has 2 aromatic carbocycles. The first-order chi connectivity index (χ1) is 13.6. The van der Waals surface area contributed by atoms with E-state index in [2.05, 4.69) is 20.2 Å². The fourth-order valence-electron chi connectivity index (χ4n) is 3.12. The van der Waals surface area contributed by atoms with E-state index in [9.17, 15) is 4.79 Å². The van der Waals surface area contributed by atoms with Gasteiger partial charge < -0.3 is 15.0 Å². The zero-order valence-corrected chi connectivity index (χ0v) is 17.2. The fraction of sp³-hybridized carbons (Fsp3) is 0.211. The highest BCUT2D eigenvalue weighted by atomic mass is 35.5. The summed E-state index contributed by atoms with van der Waals surface area (Å²) >= 11 is 9.07. The summed E-state index contributed by atoms with van der Waals surface area (Å²) in [4.78, 5) is 23.8.